The van der Waals surface area contributed by atoms with Gasteiger partial charge in [-0.3, -0.25) is 0 Å². The molecule has 0 amide bonds. The largest absolute Gasteiger partial charge is 0.365 e. The van der Waals surface area contributed by atoms with E-state index < -0.39 is 0 Å². The zero-order valence-corrected chi connectivity index (χ0v) is 11.3. The molecule has 6 heteroatoms. The molecule has 17 heavy (non-hydrogen) atoms. The first kappa shape index (κ1) is 12.3. The zero-order valence-electron chi connectivity index (χ0n) is 9.70. The van der Waals surface area contributed by atoms with Gasteiger partial charge in [-0.05, 0) is 13.3 Å². The van der Waals surface area contributed by atoms with E-state index in [9.17, 15) is 0 Å². The van der Waals surface area contributed by atoms with Crippen LogP contribution in [0, 0.1) is 6.92 Å². The third-order valence-electron chi connectivity index (χ3n) is 2.51. The molecule has 0 aliphatic carbocycles. The van der Waals surface area contributed by atoms with Crippen LogP contribution in [0.5, 0.6) is 0 Å². The average Bonchev–Trinajstić information content (AvgIpc) is 2.72. The SMILES string of the molecule is CCc1c(Cl)ncnc1NCc1scnc1C. The molecule has 2 heterocycles. The number of nitrogens with zero attached hydrogens (tertiary/aromatic N) is 3. The van der Waals surface area contributed by atoms with Gasteiger partial charge in [0, 0.05) is 10.4 Å². The topological polar surface area (TPSA) is 50.7 Å². The van der Waals surface area contributed by atoms with Gasteiger partial charge in [-0.25, -0.2) is 15.0 Å². The quantitative estimate of drug-likeness (QED) is 0.866. The minimum Gasteiger partial charge on any atom is -0.365 e. The maximum absolute atomic E-state index is 6.02. The maximum atomic E-state index is 6.02. The Morgan fingerprint density at radius 3 is 2.82 bits per heavy atom. The molecule has 0 saturated heterocycles. The van der Waals surface area contributed by atoms with E-state index in [4.69, 9.17) is 11.6 Å². The van der Waals surface area contributed by atoms with E-state index in [1.807, 2.05) is 19.4 Å². The van der Waals surface area contributed by atoms with Gasteiger partial charge in [0.05, 0.1) is 17.7 Å². The van der Waals surface area contributed by atoms with Crippen LogP contribution in [0.1, 0.15) is 23.1 Å². The van der Waals surface area contributed by atoms with Crippen molar-refractivity contribution in [2.24, 2.45) is 0 Å². The summed E-state index contributed by atoms with van der Waals surface area (Å²) in [5.74, 6) is 0.806. The predicted molar refractivity (Wildman–Crippen MR) is 70.6 cm³/mol. The molecule has 0 aliphatic rings. The summed E-state index contributed by atoms with van der Waals surface area (Å²) in [6, 6.07) is 0. The van der Waals surface area contributed by atoms with Gasteiger partial charge in [0.25, 0.3) is 0 Å². The molecule has 0 atom stereocenters. The number of halogens is 1. The Labute approximate surface area is 109 Å². The molecule has 0 unspecified atom stereocenters. The van der Waals surface area contributed by atoms with Crippen LogP contribution in [0.2, 0.25) is 5.15 Å². The Morgan fingerprint density at radius 2 is 2.18 bits per heavy atom. The molecule has 90 valence electrons. The number of rotatable bonds is 4. The Kier molecular flexibility index (Phi) is 3.91. The second kappa shape index (κ2) is 5.42. The van der Waals surface area contributed by atoms with Gasteiger partial charge >= 0.3 is 0 Å². The van der Waals surface area contributed by atoms with Crippen molar-refractivity contribution in [3.63, 3.8) is 0 Å². The van der Waals surface area contributed by atoms with Crippen molar-refractivity contribution >= 4 is 28.8 Å². The Hall–Kier alpha value is -1.20. The molecule has 2 aromatic heterocycles. The Bertz CT molecular complexity index is 512. The summed E-state index contributed by atoms with van der Waals surface area (Å²) in [7, 11) is 0. The zero-order chi connectivity index (χ0) is 12.3. The molecule has 0 fully saturated rings. The van der Waals surface area contributed by atoms with Gasteiger partial charge in [-0.2, -0.15) is 0 Å². The second-order valence-electron chi connectivity index (χ2n) is 3.56. The molecule has 4 nitrogen and oxygen atoms in total. The van der Waals surface area contributed by atoms with E-state index in [1.54, 1.807) is 11.3 Å². The van der Waals surface area contributed by atoms with Crippen LogP contribution in [0.4, 0.5) is 5.82 Å². The van der Waals surface area contributed by atoms with E-state index in [1.165, 1.54) is 11.2 Å². The normalized spacial score (nSPS) is 10.5. The number of hydrogen-bond donors (Lipinski definition) is 1. The van der Waals surface area contributed by atoms with Gasteiger partial charge in [0.1, 0.15) is 17.3 Å². The Morgan fingerprint density at radius 1 is 1.35 bits per heavy atom. The van der Waals surface area contributed by atoms with Crippen molar-refractivity contribution in [2.75, 3.05) is 5.32 Å². The van der Waals surface area contributed by atoms with Gasteiger partial charge in [0.2, 0.25) is 0 Å². The van der Waals surface area contributed by atoms with Crippen LogP contribution in [0.3, 0.4) is 0 Å². The molecular weight excluding hydrogens is 256 g/mol. The number of thiazole rings is 1. The summed E-state index contributed by atoms with van der Waals surface area (Å²) in [6.07, 6.45) is 2.28. The van der Waals surface area contributed by atoms with Crippen LogP contribution < -0.4 is 5.32 Å². The molecule has 2 aromatic rings. The third-order valence-corrected chi connectivity index (χ3v) is 3.77. The second-order valence-corrected chi connectivity index (χ2v) is 4.86. The lowest BCUT2D eigenvalue weighted by Crippen LogP contribution is -2.05. The van der Waals surface area contributed by atoms with Gasteiger partial charge < -0.3 is 5.32 Å². The summed E-state index contributed by atoms with van der Waals surface area (Å²) in [5, 5.41) is 3.80. The van der Waals surface area contributed by atoms with E-state index in [-0.39, 0.29) is 0 Å². The number of aryl methyl sites for hydroxylation is 1. The highest BCUT2D eigenvalue weighted by Gasteiger charge is 2.08. The van der Waals surface area contributed by atoms with Crippen LogP contribution in [0.15, 0.2) is 11.8 Å². The molecule has 0 aromatic carbocycles. The van der Waals surface area contributed by atoms with Crippen molar-refractivity contribution in [3.8, 4) is 0 Å². The van der Waals surface area contributed by atoms with Gasteiger partial charge in [-0.1, -0.05) is 18.5 Å². The molecule has 0 aliphatic heterocycles. The number of hydrogen-bond acceptors (Lipinski definition) is 5. The number of nitrogens with one attached hydrogen (secondary N) is 1. The highest BCUT2D eigenvalue weighted by molar-refractivity contribution is 7.09. The lowest BCUT2D eigenvalue weighted by atomic mass is 10.2. The summed E-state index contributed by atoms with van der Waals surface area (Å²) in [5.41, 5.74) is 3.86. The van der Waals surface area contributed by atoms with Crippen molar-refractivity contribution in [1.29, 1.82) is 0 Å². The lowest BCUT2D eigenvalue weighted by Gasteiger charge is -2.09. The van der Waals surface area contributed by atoms with Crippen molar-refractivity contribution < 1.29 is 0 Å². The van der Waals surface area contributed by atoms with Gasteiger partial charge in [-0.15, -0.1) is 11.3 Å². The fourth-order valence-electron chi connectivity index (χ4n) is 1.52. The molecule has 0 spiro atoms. The van der Waals surface area contributed by atoms with Crippen LogP contribution >= 0.6 is 22.9 Å². The van der Waals surface area contributed by atoms with Crippen LogP contribution in [0.25, 0.3) is 0 Å². The standard InChI is InChI=1S/C11H13ClN4S/c1-3-8-10(12)14-5-15-11(8)13-4-9-7(2)16-6-17-9/h5-6H,3-4H2,1-2H3,(H,13,14,15). The summed E-state index contributed by atoms with van der Waals surface area (Å²) in [6.45, 7) is 4.76. The lowest BCUT2D eigenvalue weighted by molar-refractivity contribution is 1.01. The number of anilines is 1. The molecule has 2 rings (SSSR count). The first-order chi connectivity index (χ1) is 8.22. The smallest absolute Gasteiger partial charge is 0.137 e. The highest BCUT2D eigenvalue weighted by Crippen LogP contribution is 2.21. The van der Waals surface area contributed by atoms with E-state index in [2.05, 4.69) is 20.3 Å². The minimum atomic E-state index is 0.519. The fraction of sp³-hybridized carbons (Fsp3) is 0.364. The molecule has 0 radical (unpaired) electrons. The molecule has 0 bridgehead atoms. The first-order valence-corrected chi connectivity index (χ1v) is 6.60. The maximum Gasteiger partial charge on any atom is 0.137 e. The Balaban J connectivity index is 2.14. The van der Waals surface area contributed by atoms with Crippen molar-refractivity contribution in [1.82, 2.24) is 15.0 Å². The van der Waals surface area contributed by atoms with Crippen LogP contribution in [-0.2, 0) is 13.0 Å². The molecule has 0 saturated carbocycles. The summed E-state index contributed by atoms with van der Waals surface area (Å²) < 4.78 is 0. The molecular formula is C11H13ClN4S. The average molecular weight is 269 g/mol. The van der Waals surface area contributed by atoms with Crippen LogP contribution in [-0.4, -0.2) is 15.0 Å². The van der Waals surface area contributed by atoms with E-state index >= 15 is 0 Å². The predicted octanol–water partition coefficient (Wildman–Crippen LogP) is 3.07. The van der Waals surface area contributed by atoms with Crippen molar-refractivity contribution in [3.05, 3.63) is 33.1 Å². The summed E-state index contributed by atoms with van der Waals surface area (Å²) in [4.78, 5) is 13.6. The third kappa shape index (κ3) is 2.73. The van der Waals surface area contributed by atoms with E-state index in [0.717, 1.165) is 30.0 Å². The highest BCUT2D eigenvalue weighted by atomic mass is 35.5. The monoisotopic (exact) mass is 268 g/mol. The van der Waals surface area contributed by atoms with Gasteiger partial charge in [0.15, 0.2) is 0 Å². The number of aromatic nitrogens is 3. The minimum absolute atomic E-state index is 0.519. The molecule has 1 N–H and O–H groups in total. The first-order valence-electron chi connectivity index (χ1n) is 5.34. The van der Waals surface area contributed by atoms with E-state index in [0.29, 0.717) is 5.15 Å². The fourth-order valence-corrected chi connectivity index (χ4v) is 2.50. The summed E-state index contributed by atoms with van der Waals surface area (Å²) >= 11 is 7.66. The van der Waals surface area contributed by atoms with Crippen molar-refractivity contribution in [2.45, 2.75) is 26.8 Å².